The zero-order chi connectivity index (χ0) is 11.0. The van der Waals surface area contributed by atoms with Crippen molar-refractivity contribution < 1.29 is 9.21 Å². The molecule has 2 saturated carbocycles. The van der Waals surface area contributed by atoms with Crippen molar-refractivity contribution in [1.29, 1.82) is 0 Å². The molecule has 2 aliphatic rings. The Kier molecular flexibility index (Phi) is 2.58. The van der Waals surface area contributed by atoms with E-state index in [4.69, 9.17) is 4.42 Å². The predicted molar refractivity (Wildman–Crippen MR) is 61.9 cm³/mol. The van der Waals surface area contributed by atoms with Gasteiger partial charge in [-0.3, -0.25) is 4.79 Å². The van der Waals surface area contributed by atoms with Crippen LogP contribution in [0.3, 0.4) is 0 Å². The zero-order valence-corrected chi connectivity index (χ0v) is 9.58. The average Bonchev–Trinajstić information content (AvgIpc) is 3.10. The van der Waals surface area contributed by atoms with E-state index in [1.165, 1.54) is 44.9 Å². The first-order valence-corrected chi connectivity index (χ1v) is 6.47. The van der Waals surface area contributed by atoms with Gasteiger partial charge in [0.05, 0.1) is 5.56 Å². The summed E-state index contributed by atoms with van der Waals surface area (Å²) >= 11 is 0. The first kappa shape index (κ1) is 10.1. The van der Waals surface area contributed by atoms with Gasteiger partial charge in [-0.1, -0.05) is 19.3 Å². The Balaban J connectivity index is 1.85. The second kappa shape index (κ2) is 4.08. The van der Waals surface area contributed by atoms with Crippen LogP contribution in [0.4, 0.5) is 0 Å². The van der Waals surface area contributed by atoms with Crippen molar-refractivity contribution in [2.75, 3.05) is 0 Å². The quantitative estimate of drug-likeness (QED) is 0.717. The highest BCUT2D eigenvalue weighted by Crippen LogP contribution is 2.44. The lowest BCUT2D eigenvalue weighted by atomic mass is 9.87. The van der Waals surface area contributed by atoms with Crippen LogP contribution >= 0.6 is 0 Å². The van der Waals surface area contributed by atoms with E-state index in [1.807, 2.05) is 6.07 Å². The van der Waals surface area contributed by atoms with Gasteiger partial charge < -0.3 is 4.42 Å². The molecule has 2 aliphatic carbocycles. The highest BCUT2D eigenvalue weighted by atomic mass is 16.3. The summed E-state index contributed by atoms with van der Waals surface area (Å²) in [5, 5.41) is 0. The Morgan fingerprint density at radius 2 is 1.81 bits per heavy atom. The fraction of sp³-hybridized carbons (Fsp3) is 0.643. The normalized spacial score (nSPS) is 22.2. The number of aldehydes is 1. The van der Waals surface area contributed by atoms with E-state index in [2.05, 4.69) is 0 Å². The van der Waals surface area contributed by atoms with Gasteiger partial charge in [0.25, 0.3) is 0 Å². The Labute approximate surface area is 96.0 Å². The number of carbonyl (C=O) groups excluding carboxylic acids is 1. The van der Waals surface area contributed by atoms with E-state index in [0.717, 1.165) is 23.4 Å². The minimum Gasteiger partial charge on any atom is -0.465 e. The van der Waals surface area contributed by atoms with Crippen molar-refractivity contribution in [3.05, 3.63) is 23.2 Å². The van der Waals surface area contributed by atoms with Crippen molar-refractivity contribution in [3.8, 4) is 0 Å². The highest BCUT2D eigenvalue weighted by Gasteiger charge is 2.31. The van der Waals surface area contributed by atoms with Gasteiger partial charge in [-0.15, -0.1) is 0 Å². The third-order valence-corrected chi connectivity index (χ3v) is 3.89. The summed E-state index contributed by atoms with van der Waals surface area (Å²) in [5.74, 6) is 3.15. The fourth-order valence-electron chi connectivity index (χ4n) is 2.78. The van der Waals surface area contributed by atoms with Crippen LogP contribution in [0.2, 0.25) is 0 Å². The van der Waals surface area contributed by atoms with Crippen LogP contribution in [0.25, 0.3) is 0 Å². The summed E-state index contributed by atoms with van der Waals surface area (Å²) in [4.78, 5) is 11.0. The largest absolute Gasteiger partial charge is 0.465 e. The van der Waals surface area contributed by atoms with Crippen molar-refractivity contribution in [3.63, 3.8) is 0 Å². The molecule has 2 nitrogen and oxygen atoms in total. The van der Waals surface area contributed by atoms with Crippen LogP contribution in [-0.4, -0.2) is 6.29 Å². The van der Waals surface area contributed by atoms with E-state index in [-0.39, 0.29) is 0 Å². The molecule has 1 heterocycles. The van der Waals surface area contributed by atoms with Gasteiger partial charge in [-0.2, -0.15) is 0 Å². The molecule has 16 heavy (non-hydrogen) atoms. The molecule has 0 atom stereocenters. The molecule has 0 radical (unpaired) electrons. The molecule has 1 aromatic rings. The van der Waals surface area contributed by atoms with E-state index < -0.39 is 0 Å². The maximum atomic E-state index is 11.0. The van der Waals surface area contributed by atoms with Gasteiger partial charge in [-0.25, -0.2) is 0 Å². The first-order valence-electron chi connectivity index (χ1n) is 6.47. The lowest BCUT2D eigenvalue weighted by Crippen LogP contribution is -2.03. The summed E-state index contributed by atoms with van der Waals surface area (Å²) in [6.45, 7) is 0. The zero-order valence-electron chi connectivity index (χ0n) is 9.58. The third kappa shape index (κ3) is 1.81. The van der Waals surface area contributed by atoms with Gasteiger partial charge >= 0.3 is 0 Å². The topological polar surface area (TPSA) is 30.2 Å². The molecule has 2 heteroatoms. The summed E-state index contributed by atoms with van der Waals surface area (Å²) in [5.41, 5.74) is 0.808. The fourth-order valence-corrected chi connectivity index (χ4v) is 2.78. The standard InChI is InChI=1S/C14H18O2/c15-9-12-8-13(10-4-2-1-3-5-10)16-14(12)11-6-7-11/h8-11H,1-7H2. The van der Waals surface area contributed by atoms with Crippen LogP contribution < -0.4 is 0 Å². The number of rotatable bonds is 3. The third-order valence-electron chi connectivity index (χ3n) is 3.89. The van der Waals surface area contributed by atoms with Crippen LogP contribution in [0.1, 0.15) is 78.7 Å². The molecule has 0 aromatic carbocycles. The first-order chi connectivity index (χ1) is 7.88. The molecule has 0 saturated heterocycles. The Morgan fingerprint density at radius 3 is 2.44 bits per heavy atom. The summed E-state index contributed by atoms with van der Waals surface area (Å²) in [7, 11) is 0. The molecule has 86 valence electrons. The Hall–Kier alpha value is -1.05. The molecule has 1 aromatic heterocycles. The predicted octanol–water partition coefficient (Wildman–Crippen LogP) is 4.02. The number of hydrogen-bond acceptors (Lipinski definition) is 2. The Morgan fingerprint density at radius 1 is 1.06 bits per heavy atom. The maximum absolute atomic E-state index is 11.0. The highest BCUT2D eigenvalue weighted by molar-refractivity contribution is 5.77. The van der Waals surface area contributed by atoms with E-state index in [1.54, 1.807) is 0 Å². The number of furan rings is 1. The number of carbonyl (C=O) groups is 1. The molecule has 0 bridgehead atoms. The van der Waals surface area contributed by atoms with Crippen LogP contribution in [-0.2, 0) is 0 Å². The summed E-state index contributed by atoms with van der Waals surface area (Å²) in [6.07, 6.45) is 9.78. The molecule has 0 amide bonds. The molecular formula is C14H18O2. The molecular weight excluding hydrogens is 200 g/mol. The smallest absolute Gasteiger partial charge is 0.153 e. The van der Waals surface area contributed by atoms with Gasteiger partial charge in [0.2, 0.25) is 0 Å². The monoisotopic (exact) mass is 218 g/mol. The molecule has 0 aliphatic heterocycles. The van der Waals surface area contributed by atoms with Crippen molar-refractivity contribution >= 4 is 6.29 Å². The lowest BCUT2D eigenvalue weighted by molar-refractivity contribution is 0.112. The second-order valence-electron chi connectivity index (χ2n) is 5.20. The second-order valence-corrected chi connectivity index (χ2v) is 5.20. The molecule has 0 N–H and O–H groups in total. The van der Waals surface area contributed by atoms with Crippen molar-refractivity contribution in [1.82, 2.24) is 0 Å². The van der Waals surface area contributed by atoms with Crippen LogP contribution in [0.15, 0.2) is 10.5 Å². The van der Waals surface area contributed by atoms with Crippen molar-refractivity contribution in [2.24, 2.45) is 0 Å². The summed E-state index contributed by atoms with van der Waals surface area (Å²) in [6, 6.07) is 2.00. The van der Waals surface area contributed by atoms with Gasteiger partial charge in [0.15, 0.2) is 6.29 Å². The molecule has 0 spiro atoms. The Bertz CT molecular complexity index is 381. The van der Waals surface area contributed by atoms with Gasteiger partial charge in [0.1, 0.15) is 11.5 Å². The molecule has 2 fully saturated rings. The minimum atomic E-state index is 0.539. The SMILES string of the molecule is O=Cc1cc(C2CCCCC2)oc1C1CC1. The van der Waals surface area contributed by atoms with Crippen LogP contribution in [0.5, 0.6) is 0 Å². The van der Waals surface area contributed by atoms with E-state index in [0.29, 0.717) is 11.8 Å². The van der Waals surface area contributed by atoms with Gasteiger partial charge in [0, 0.05) is 11.8 Å². The molecule has 0 unspecified atom stereocenters. The van der Waals surface area contributed by atoms with Gasteiger partial charge in [-0.05, 0) is 31.7 Å². The lowest BCUT2D eigenvalue weighted by Gasteiger charge is -2.19. The number of hydrogen-bond donors (Lipinski definition) is 0. The minimum absolute atomic E-state index is 0.539. The van der Waals surface area contributed by atoms with E-state index in [9.17, 15) is 4.79 Å². The molecule has 3 rings (SSSR count). The maximum Gasteiger partial charge on any atom is 0.153 e. The summed E-state index contributed by atoms with van der Waals surface area (Å²) < 4.78 is 5.94. The average molecular weight is 218 g/mol. The van der Waals surface area contributed by atoms with Crippen molar-refractivity contribution in [2.45, 2.75) is 56.8 Å². The van der Waals surface area contributed by atoms with Crippen LogP contribution in [0, 0.1) is 0 Å². The van der Waals surface area contributed by atoms with E-state index >= 15 is 0 Å².